The third-order valence-corrected chi connectivity index (χ3v) is 4.68. The van der Waals surface area contributed by atoms with Crippen molar-refractivity contribution in [2.75, 3.05) is 13.1 Å². The Labute approximate surface area is 143 Å². The molecule has 4 heterocycles. The van der Waals surface area contributed by atoms with E-state index in [9.17, 15) is 9.59 Å². The van der Waals surface area contributed by atoms with Gasteiger partial charge < -0.3 is 19.6 Å². The van der Waals surface area contributed by atoms with Gasteiger partial charge in [-0.1, -0.05) is 0 Å². The minimum atomic E-state index is -0.281. The van der Waals surface area contributed by atoms with Gasteiger partial charge in [-0.25, -0.2) is 14.6 Å². The fourth-order valence-electron chi connectivity index (χ4n) is 3.55. The second-order valence-electron chi connectivity index (χ2n) is 6.71. The molecular weight excluding hydrogens is 322 g/mol. The smallest absolute Gasteiger partial charge is 0.410 e. The summed E-state index contributed by atoms with van der Waals surface area (Å²) in [5.74, 6) is 0. The quantitative estimate of drug-likeness (QED) is 0.747. The van der Waals surface area contributed by atoms with E-state index in [1.165, 1.54) is 0 Å². The van der Waals surface area contributed by atoms with Crippen molar-refractivity contribution in [3.63, 3.8) is 0 Å². The van der Waals surface area contributed by atoms with E-state index in [4.69, 9.17) is 4.74 Å². The van der Waals surface area contributed by atoms with E-state index in [2.05, 4.69) is 15.0 Å². The Morgan fingerprint density at radius 1 is 1.36 bits per heavy atom. The minimum Gasteiger partial charge on any atom is -0.447 e. The SMILES string of the molecule is CC(C)OC(=O)N1CCC(n2c(=O)[nH]c3cnc4[nH]ccc4c32)CC1. The first kappa shape index (κ1) is 15.7. The summed E-state index contributed by atoms with van der Waals surface area (Å²) in [5.41, 5.74) is 2.24. The topological polar surface area (TPSA) is 96.0 Å². The predicted molar refractivity (Wildman–Crippen MR) is 93.7 cm³/mol. The molecule has 8 nitrogen and oxygen atoms in total. The van der Waals surface area contributed by atoms with Crippen molar-refractivity contribution in [3.8, 4) is 0 Å². The van der Waals surface area contributed by atoms with Crippen LogP contribution in [0.25, 0.3) is 22.1 Å². The van der Waals surface area contributed by atoms with E-state index in [1.54, 1.807) is 11.1 Å². The first-order valence-electron chi connectivity index (χ1n) is 8.56. The van der Waals surface area contributed by atoms with Gasteiger partial charge in [-0.05, 0) is 32.8 Å². The maximum atomic E-state index is 12.5. The molecule has 1 aliphatic rings. The third-order valence-electron chi connectivity index (χ3n) is 4.68. The molecule has 0 bridgehead atoms. The molecule has 1 fully saturated rings. The number of aromatic amines is 2. The number of pyridine rings is 1. The van der Waals surface area contributed by atoms with Gasteiger partial charge in [-0.2, -0.15) is 0 Å². The van der Waals surface area contributed by atoms with Crippen molar-refractivity contribution in [2.24, 2.45) is 0 Å². The number of H-pyrrole nitrogens is 2. The normalized spacial score (nSPS) is 16.2. The number of likely N-dealkylation sites (tertiary alicyclic amines) is 1. The van der Waals surface area contributed by atoms with Gasteiger partial charge in [0.25, 0.3) is 0 Å². The van der Waals surface area contributed by atoms with Gasteiger partial charge in [0.05, 0.1) is 23.3 Å². The fourth-order valence-corrected chi connectivity index (χ4v) is 3.55. The van der Waals surface area contributed by atoms with Crippen LogP contribution in [0.3, 0.4) is 0 Å². The molecule has 132 valence electrons. The highest BCUT2D eigenvalue weighted by atomic mass is 16.6. The summed E-state index contributed by atoms with van der Waals surface area (Å²) in [7, 11) is 0. The van der Waals surface area contributed by atoms with E-state index >= 15 is 0 Å². The maximum Gasteiger partial charge on any atom is 0.410 e. The Hall–Kier alpha value is -2.77. The zero-order valence-corrected chi connectivity index (χ0v) is 14.3. The van der Waals surface area contributed by atoms with Gasteiger partial charge in [0, 0.05) is 30.7 Å². The first-order valence-corrected chi connectivity index (χ1v) is 8.56. The van der Waals surface area contributed by atoms with E-state index < -0.39 is 0 Å². The Morgan fingerprint density at radius 3 is 2.84 bits per heavy atom. The molecule has 25 heavy (non-hydrogen) atoms. The van der Waals surface area contributed by atoms with Crippen LogP contribution >= 0.6 is 0 Å². The van der Waals surface area contributed by atoms with Crippen LogP contribution in [0.5, 0.6) is 0 Å². The molecule has 1 saturated heterocycles. The Bertz CT molecular complexity index is 975. The largest absolute Gasteiger partial charge is 0.447 e. The Morgan fingerprint density at radius 2 is 2.12 bits per heavy atom. The summed E-state index contributed by atoms with van der Waals surface area (Å²) in [6.07, 6.45) is 4.53. The lowest BCUT2D eigenvalue weighted by Crippen LogP contribution is -2.41. The molecule has 3 aromatic heterocycles. The lowest BCUT2D eigenvalue weighted by molar-refractivity contribution is 0.0661. The Kier molecular flexibility index (Phi) is 3.74. The fraction of sp³-hybridized carbons (Fsp3) is 0.471. The van der Waals surface area contributed by atoms with Crippen LogP contribution in [0, 0.1) is 0 Å². The van der Waals surface area contributed by atoms with Crippen molar-refractivity contribution in [1.29, 1.82) is 0 Å². The second kappa shape index (κ2) is 5.94. The summed E-state index contributed by atoms with van der Waals surface area (Å²) in [4.78, 5) is 36.6. The van der Waals surface area contributed by atoms with E-state index in [-0.39, 0.29) is 23.9 Å². The van der Waals surface area contributed by atoms with Crippen molar-refractivity contribution in [3.05, 3.63) is 28.9 Å². The van der Waals surface area contributed by atoms with Crippen LogP contribution in [-0.2, 0) is 4.74 Å². The Balaban J connectivity index is 1.63. The number of aromatic nitrogens is 4. The van der Waals surface area contributed by atoms with Crippen molar-refractivity contribution in [2.45, 2.75) is 38.8 Å². The number of nitrogens with zero attached hydrogens (tertiary/aromatic N) is 3. The summed E-state index contributed by atoms with van der Waals surface area (Å²) >= 11 is 0. The zero-order valence-electron chi connectivity index (χ0n) is 14.3. The van der Waals surface area contributed by atoms with Gasteiger partial charge in [0.15, 0.2) is 0 Å². The molecule has 0 unspecified atom stereocenters. The van der Waals surface area contributed by atoms with Crippen molar-refractivity contribution < 1.29 is 9.53 Å². The number of rotatable bonds is 2. The molecule has 1 aliphatic heterocycles. The van der Waals surface area contributed by atoms with Crippen LogP contribution in [0.2, 0.25) is 0 Å². The first-order chi connectivity index (χ1) is 12.0. The summed E-state index contributed by atoms with van der Waals surface area (Å²) in [6.45, 7) is 4.84. The zero-order chi connectivity index (χ0) is 17.6. The number of amides is 1. The number of fused-ring (bicyclic) bond motifs is 3. The van der Waals surface area contributed by atoms with Crippen molar-refractivity contribution in [1.82, 2.24) is 24.4 Å². The minimum absolute atomic E-state index is 0.0462. The molecule has 0 atom stereocenters. The number of imidazole rings is 1. The number of ether oxygens (including phenoxy) is 1. The molecule has 0 spiro atoms. The highest BCUT2D eigenvalue weighted by Gasteiger charge is 2.27. The van der Waals surface area contributed by atoms with Crippen LogP contribution in [-0.4, -0.2) is 49.7 Å². The molecule has 3 aromatic rings. The summed E-state index contributed by atoms with van der Waals surface area (Å²) in [6, 6.07) is 1.98. The number of carbonyl (C=O) groups is 1. The van der Waals surface area contributed by atoms with Crippen LogP contribution in [0.1, 0.15) is 32.7 Å². The van der Waals surface area contributed by atoms with E-state index in [0.29, 0.717) is 25.9 Å². The molecule has 1 amide bonds. The highest BCUT2D eigenvalue weighted by molar-refractivity contribution is 6.00. The van der Waals surface area contributed by atoms with Gasteiger partial charge in [-0.15, -0.1) is 0 Å². The average Bonchev–Trinajstić information content (AvgIpc) is 3.17. The third kappa shape index (κ3) is 2.67. The maximum absolute atomic E-state index is 12.5. The number of nitrogens with one attached hydrogen (secondary N) is 2. The van der Waals surface area contributed by atoms with Gasteiger partial charge in [0.1, 0.15) is 5.65 Å². The predicted octanol–water partition coefficient (Wildman–Crippen LogP) is 2.39. The molecular formula is C17H21N5O3. The average molecular weight is 343 g/mol. The van der Waals surface area contributed by atoms with Gasteiger partial charge in [0.2, 0.25) is 0 Å². The summed E-state index contributed by atoms with van der Waals surface area (Å²) < 4.78 is 7.07. The molecule has 0 aliphatic carbocycles. The van der Waals surface area contributed by atoms with E-state index in [0.717, 1.165) is 22.1 Å². The van der Waals surface area contributed by atoms with Gasteiger partial charge >= 0.3 is 11.8 Å². The number of hydrogen-bond acceptors (Lipinski definition) is 4. The second-order valence-corrected chi connectivity index (χ2v) is 6.71. The van der Waals surface area contributed by atoms with Crippen LogP contribution < -0.4 is 5.69 Å². The molecule has 0 saturated carbocycles. The molecule has 0 radical (unpaired) electrons. The van der Waals surface area contributed by atoms with Crippen molar-refractivity contribution >= 4 is 28.2 Å². The van der Waals surface area contributed by atoms with Crippen LogP contribution in [0.4, 0.5) is 4.79 Å². The molecule has 2 N–H and O–H groups in total. The highest BCUT2D eigenvalue weighted by Crippen LogP contribution is 2.28. The number of piperidine rings is 1. The standard InChI is InChI=1S/C17H21N5O3/c1-10(2)25-17(24)21-7-4-11(5-8-21)22-14-12-3-6-18-15(12)19-9-13(14)20-16(22)23/h3,6,9-11H,4-5,7-8H2,1-2H3,(H,18,19)(H,20,23). The van der Waals surface area contributed by atoms with E-state index in [1.807, 2.05) is 30.7 Å². The number of carbonyl (C=O) groups excluding carboxylic acids is 1. The van der Waals surface area contributed by atoms with Crippen LogP contribution in [0.15, 0.2) is 23.3 Å². The number of hydrogen-bond donors (Lipinski definition) is 2. The van der Waals surface area contributed by atoms with Gasteiger partial charge in [-0.3, -0.25) is 4.57 Å². The molecule has 0 aromatic carbocycles. The monoisotopic (exact) mass is 343 g/mol. The molecule has 8 heteroatoms. The summed E-state index contributed by atoms with van der Waals surface area (Å²) in [5, 5.41) is 0.928. The lowest BCUT2D eigenvalue weighted by atomic mass is 10.0. The lowest BCUT2D eigenvalue weighted by Gasteiger charge is -2.32. The molecule has 4 rings (SSSR count).